The van der Waals surface area contributed by atoms with E-state index in [1.165, 1.54) is 7.11 Å². The van der Waals surface area contributed by atoms with Crippen molar-refractivity contribution in [3.8, 4) is 5.75 Å². The summed E-state index contributed by atoms with van der Waals surface area (Å²) in [6.45, 7) is 2.51. The van der Waals surface area contributed by atoms with Crippen molar-refractivity contribution in [2.24, 2.45) is 0 Å². The van der Waals surface area contributed by atoms with Crippen LogP contribution in [0.4, 0.5) is 4.39 Å². The first kappa shape index (κ1) is 12.5. The van der Waals surface area contributed by atoms with Gasteiger partial charge in [0.1, 0.15) is 0 Å². The van der Waals surface area contributed by atoms with E-state index < -0.39 is 0 Å². The SMILES string of the molecule is COc1cccc(CNCc2nc(C)no2)c1F. The largest absolute Gasteiger partial charge is 0.494 e. The molecule has 1 aromatic carbocycles. The van der Waals surface area contributed by atoms with Gasteiger partial charge in [-0.2, -0.15) is 4.98 Å². The summed E-state index contributed by atoms with van der Waals surface area (Å²) in [6.07, 6.45) is 0. The van der Waals surface area contributed by atoms with Crippen LogP contribution >= 0.6 is 0 Å². The molecule has 1 N–H and O–H groups in total. The molecular weight excluding hydrogens is 237 g/mol. The minimum absolute atomic E-state index is 0.239. The fourth-order valence-electron chi connectivity index (χ4n) is 1.57. The lowest BCUT2D eigenvalue weighted by atomic mass is 10.2. The molecule has 18 heavy (non-hydrogen) atoms. The molecule has 0 unspecified atom stereocenters. The number of ether oxygens (including phenoxy) is 1. The molecule has 0 saturated heterocycles. The highest BCUT2D eigenvalue weighted by atomic mass is 19.1. The lowest BCUT2D eigenvalue weighted by Gasteiger charge is -2.07. The molecule has 0 saturated carbocycles. The monoisotopic (exact) mass is 251 g/mol. The number of nitrogens with one attached hydrogen (secondary N) is 1. The Hall–Kier alpha value is -1.95. The third-order valence-electron chi connectivity index (χ3n) is 2.42. The van der Waals surface area contributed by atoms with E-state index in [2.05, 4.69) is 15.5 Å². The van der Waals surface area contributed by atoms with E-state index in [0.717, 1.165) is 0 Å². The van der Waals surface area contributed by atoms with Crippen molar-refractivity contribution in [3.63, 3.8) is 0 Å². The van der Waals surface area contributed by atoms with Crippen molar-refractivity contribution in [2.45, 2.75) is 20.0 Å². The molecule has 0 bridgehead atoms. The van der Waals surface area contributed by atoms with Gasteiger partial charge in [-0.1, -0.05) is 17.3 Å². The number of aryl methyl sites for hydroxylation is 1. The van der Waals surface area contributed by atoms with Crippen molar-refractivity contribution < 1.29 is 13.7 Å². The van der Waals surface area contributed by atoms with E-state index in [4.69, 9.17) is 9.26 Å². The second kappa shape index (κ2) is 5.59. The third-order valence-corrected chi connectivity index (χ3v) is 2.42. The minimum atomic E-state index is -0.353. The lowest BCUT2D eigenvalue weighted by Crippen LogP contribution is -2.14. The van der Waals surface area contributed by atoms with Crippen LogP contribution in [0.2, 0.25) is 0 Å². The smallest absolute Gasteiger partial charge is 0.240 e. The summed E-state index contributed by atoms with van der Waals surface area (Å²) >= 11 is 0. The number of benzene rings is 1. The van der Waals surface area contributed by atoms with Crippen molar-refractivity contribution in [1.82, 2.24) is 15.5 Å². The molecule has 0 aliphatic carbocycles. The third kappa shape index (κ3) is 2.84. The van der Waals surface area contributed by atoms with Crippen molar-refractivity contribution in [1.29, 1.82) is 0 Å². The summed E-state index contributed by atoms with van der Waals surface area (Å²) < 4.78 is 23.6. The molecule has 0 atom stereocenters. The fraction of sp³-hybridized carbons (Fsp3) is 0.333. The van der Waals surface area contributed by atoms with Gasteiger partial charge >= 0.3 is 0 Å². The number of hydrogen-bond acceptors (Lipinski definition) is 5. The van der Waals surface area contributed by atoms with Crippen LogP contribution < -0.4 is 10.1 Å². The fourth-order valence-corrected chi connectivity index (χ4v) is 1.57. The lowest BCUT2D eigenvalue weighted by molar-refractivity contribution is 0.362. The average molecular weight is 251 g/mol. The van der Waals surface area contributed by atoms with Crippen molar-refractivity contribution in [2.75, 3.05) is 7.11 Å². The van der Waals surface area contributed by atoms with E-state index in [1.54, 1.807) is 25.1 Å². The molecule has 2 aromatic rings. The van der Waals surface area contributed by atoms with Crippen LogP contribution in [0.3, 0.4) is 0 Å². The molecule has 1 aromatic heterocycles. The highest BCUT2D eigenvalue weighted by Crippen LogP contribution is 2.19. The Morgan fingerprint density at radius 2 is 2.22 bits per heavy atom. The van der Waals surface area contributed by atoms with Gasteiger partial charge in [0, 0.05) is 12.1 Å². The Morgan fingerprint density at radius 3 is 2.89 bits per heavy atom. The number of aromatic nitrogens is 2. The predicted molar refractivity (Wildman–Crippen MR) is 62.5 cm³/mol. The molecule has 96 valence electrons. The van der Waals surface area contributed by atoms with Crippen LogP contribution in [0.25, 0.3) is 0 Å². The Bertz CT molecular complexity index is 528. The second-order valence-corrected chi connectivity index (χ2v) is 3.77. The molecule has 0 aliphatic rings. The van der Waals surface area contributed by atoms with Gasteiger partial charge in [-0.05, 0) is 13.0 Å². The van der Waals surface area contributed by atoms with Gasteiger partial charge in [0.15, 0.2) is 17.4 Å². The zero-order valence-electron chi connectivity index (χ0n) is 10.2. The quantitative estimate of drug-likeness (QED) is 0.878. The standard InChI is InChI=1S/C12H14FN3O2/c1-8-15-11(18-16-8)7-14-6-9-4-3-5-10(17-2)12(9)13/h3-5,14H,6-7H2,1-2H3. The van der Waals surface area contributed by atoms with Gasteiger partial charge in [0.25, 0.3) is 0 Å². The van der Waals surface area contributed by atoms with Gasteiger partial charge in [-0.25, -0.2) is 4.39 Å². The number of hydrogen-bond donors (Lipinski definition) is 1. The van der Waals surface area contributed by atoms with Crippen LogP contribution in [0.1, 0.15) is 17.3 Å². The summed E-state index contributed by atoms with van der Waals surface area (Å²) in [7, 11) is 1.44. The number of halogens is 1. The Balaban J connectivity index is 1.94. The van der Waals surface area contributed by atoms with E-state index in [-0.39, 0.29) is 11.6 Å². The van der Waals surface area contributed by atoms with Crippen LogP contribution in [0, 0.1) is 12.7 Å². The summed E-state index contributed by atoms with van der Waals surface area (Å²) in [5, 5.41) is 6.70. The number of methoxy groups -OCH3 is 1. The maximum Gasteiger partial charge on any atom is 0.240 e. The molecule has 0 amide bonds. The second-order valence-electron chi connectivity index (χ2n) is 3.77. The van der Waals surface area contributed by atoms with Gasteiger partial charge in [-0.3, -0.25) is 0 Å². The normalized spacial score (nSPS) is 10.6. The topological polar surface area (TPSA) is 60.2 Å². The first-order chi connectivity index (χ1) is 8.70. The van der Waals surface area contributed by atoms with E-state index >= 15 is 0 Å². The van der Waals surface area contributed by atoms with Crippen molar-refractivity contribution in [3.05, 3.63) is 41.3 Å². The van der Waals surface area contributed by atoms with Crippen LogP contribution in [0.5, 0.6) is 5.75 Å². The van der Waals surface area contributed by atoms with E-state index in [1.807, 2.05) is 0 Å². The van der Waals surface area contributed by atoms with Crippen LogP contribution in [-0.4, -0.2) is 17.3 Å². The average Bonchev–Trinajstić information content (AvgIpc) is 2.77. The number of rotatable bonds is 5. The van der Waals surface area contributed by atoms with Gasteiger partial charge in [0.05, 0.1) is 13.7 Å². The maximum atomic E-state index is 13.8. The van der Waals surface area contributed by atoms with Crippen molar-refractivity contribution >= 4 is 0 Å². The van der Waals surface area contributed by atoms with E-state index in [0.29, 0.717) is 30.4 Å². The highest BCUT2D eigenvalue weighted by molar-refractivity contribution is 5.30. The molecule has 6 heteroatoms. The molecule has 0 radical (unpaired) electrons. The first-order valence-corrected chi connectivity index (χ1v) is 5.52. The summed E-state index contributed by atoms with van der Waals surface area (Å²) in [4.78, 5) is 4.04. The van der Waals surface area contributed by atoms with Gasteiger partial charge in [0.2, 0.25) is 5.89 Å². The Morgan fingerprint density at radius 1 is 1.39 bits per heavy atom. The highest BCUT2D eigenvalue weighted by Gasteiger charge is 2.08. The molecule has 1 heterocycles. The molecule has 5 nitrogen and oxygen atoms in total. The van der Waals surface area contributed by atoms with Gasteiger partial charge < -0.3 is 14.6 Å². The first-order valence-electron chi connectivity index (χ1n) is 5.52. The van der Waals surface area contributed by atoms with Gasteiger partial charge in [-0.15, -0.1) is 0 Å². The Labute approximate surface area is 104 Å². The maximum absolute atomic E-state index is 13.8. The Kier molecular flexibility index (Phi) is 3.88. The molecule has 0 spiro atoms. The zero-order chi connectivity index (χ0) is 13.0. The molecule has 0 fully saturated rings. The van der Waals surface area contributed by atoms with Crippen LogP contribution in [0.15, 0.2) is 22.7 Å². The molecular formula is C12H14FN3O2. The summed E-state index contributed by atoms with van der Waals surface area (Å²) in [5.74, 6) is 0.951. The molecule has 2 rings (SSSR count). The predicted octanol–water partition coefficient (Wildman–Crippen LogP) is 1.82. The summed E-state index contributed by atoms with van der Waals surface area (Å²) in [6, 6.07) is 5.03. The minimum Gasteiger partial charge on any atom is -0.494 e. The molecule has 0 aliphatic heterocycles. The van der Waals surface area contributed by atoms with E-state index in [9.17, 15) is 4.39 Å². The summed E-state index contributed by atoms with van der Waals surface area (Å²) in [5.41, 5.74) is 0.533. The zero-order valence-corrected chi connectivity index (χ0v) is 10.2. The van der Waals surface area contributed by atoms with Crippen LogP contribution in [-0.2, 0) is 13.1 Å². The number of nitrogens with zero attached hydrogens (tertiary/aromatic N) is 2.